The van der Waals surface area contributed by atoms with Gasteiger partial charge in [-0.05, 0) is 56.8 Å². The zero-order valence-electron chi connectivity index (χ0n) is 16.9. The van der Waals surface area contributed by atoms with Crippen molar-refractivity contribution in [3.8, 4) is 5.75 Å². The number of hydrogen-bond acceptors (Lipinski definition) is 6. The molecule has 3 fully saturated rings. The van der Waals surface area contributed by atoms with Gasteiger partial charge < -0.3 is 24.9 Å². The molecule has 9 heteroatoms. The van der Waals surface area contributed by atoms with Crippen molar-refractivity contribution in [3.05, 3.63) is 29.8 Å². The van der Waals surface area contributed by atoms with Crippen LogP contribution >= 0.6 is 7.82 Å². The number of ether oxygens (including phenoxy) is 1. The molecule has 162 valence electrons. The molecule has 0 radical (unpaired) electrons. The van der Waals surface area contributed by atoms with Gasteiger partial charge in [-0.2, -0.15) is 0 Å². The third-order valence-corrected chi connectivity index (χ3v) is 7.70. The minimum absolute atomic E-state index is 0.0521. The Kier molecular flexibility index (Phi) is 5.81. The maximum atomic E-state index is 11.5. The van der Waals surface area contributed by atoms with Crippen LogP contribution in [0.5, 0.6) is 5.75 Å². The molecule has 0 aromatic heterocycles. The van der Waals surface area contributed by atoms with Crippen molar-refractivity contribution in [1.29, 1.82) is 0 Å². The molecular formula is C20H31N2O6P. The molecule has 29 heavy (non-hydrogen) atoms. The fraction of sp³-hybridized carbons (Fsp3) is 0.700. The summed E-state index contributed by atoms with van der Waals surface area (Å²) in [6.07, 6.45) is 2.39. The van der Waals surface area contributed by atoms with Gasteiger partial charge in [-0.1, -0.05) is 12.1 Å². The summed E-state index contributed by atoms with van der Waals surface area (Å²) in [5.41, 5.74) is 1.05. The van der Waals surface area contributed by atoms with Crippen LogP contribution in [0.4, 0.5) is 0 Å². The molecule has 3 aliphatic rings. The highest BCUT2D eigenvalue weighted by molar-refractivity contribution is 7.46. The summed E-state index contributed by atoms with van der Waals surface area (Å²) in [4.78, 5) is 21.1. The molecule has 0 amide bonds. The van der Waals surface area contributed by atoms with E-state index in [2.05, 4.69) is 10.2 Å². The second-order valence-electron chi connectivity index (χ2n) is 8.72. The Morgan fingerprint density at radius 1 is 1.28 bits per heavy atom. The summed E-state index contributed by atoms with van der Waals surface area (Å²) >= 11 is 0. The SMILES string of the molecule is CN[C@H]1CN2[C@H](Cc3ccc(OC)cc3)[C@H](O)[C@@H]3C[C@]2(CC[C@H]3OP(=O)(O)O)C1. The van der Waals surface area contributed by atoms with Crippen LogP contribution in [0.25, 0.3) is 0 Å². The van der Waals surface area contributed by atoms with Crippen LogP contribution < -0.4 is 10.1 Å². The Morgan fingerprint density at radius 3 is 2.62 bits per heavy atom. The number of phosphoric ester groups is 1. The first-order valence-corrected chi connectivity index (χ1v) is 11.8. The molecule has 1 aliphatic carbocycles. The zero-order chi connectivity index (χ0) is 20.8. The summed E-state index contributed by atoms with van der Waals surface area (Å²) in [5.74, 6) is 0.504. The van der Waals surface area contributed by atoms with Gasteiger partial charge in [-0.25, -0.2) is 4.57 Å². The third-order valence-electron chi connectivity index (χ3n) is 7.16. The number of hydrogen-bond donors (Lipinski definition) is 4. The van der Waals surface area contributed by atoms with Crippen LogP contribution in [-0.2, 0) is 15.5 Å². The van der Waals surface area contributed by atoms with Crippen molar-refractivity contribution in [2.24, 2.45) is 5.92 Å². The average molecular weight is 426 g/mol. The number of likely N-dealkylation sites (N-methyl/N-ethyl adjacent to an activating group) is 1. The maximum absolute atomic E-state index is 11.5. The first-order chi connectivity index (χ1) is 13.7. The maximum Gasteiger partial charge on any atom is 0.469 e. The highest BCUT2D eigenvalue weighted by atomic mass is 31.2. The quantitative estimate of drug-likeness (QED) is 0.504. The van der Waals surface area contributed by atoms with Gasteiger partial charge in [0.05, 0.1) is 19.3 Å². The van der Waals surface area contributed by atoms with Gasteiger partial charge >= 0.3 is 7.82 Å². The lowest BCUT2D eigenvalue weighted by molar-refractivity contribution is -0.144. The van der Waals surface area contributed by atoms with E-state index in [4.69, 9.17) is 9.26 Å². The van der Waals surface area contributed by atoms with Crippen molar-refractivity contribution < 1.29 is 28.7 Å². The lowest BCUT2D eigenvalue weighted by Gasteiger charge is -2.57. The minimum atomic E-state index is -4.60. The average Bonchev–Trinajstić information content (AvgIpc) is 3.05. The van der Waals surface area contributed by atoms with Crippen molar-refractivity contribution in [2.45, 2.75) is 61.9 Å². The van der Waals surface area contributed by atoms with Crippen LogP contribution in [0.3, 0.4) is 0 Å². The number of fused-ring (bicyclic) bond motifs is 1. The van der Waals surface area contributed by atoms with Gasteiger partial charge in [0.2, 0.25) is 0 Å². The van der Waals surface area contributed by atoms with E-state index < -0.39 is 20.0 Å². The molecule has 4 N–H and O–H groups in total. The Bertz CT molecular complexity index is 771. The number of nitrogens with zero attached hydrogens (tertiary/aromatic N) is 1. The first-order valence-electron chi connectivity index (χ1n) is 10.2. The van der Waals surface area contributed by atoms with Gasteiger partial charge in [0.1, 0.15) is 5.75 Å². The predicted molar refractivity (Wildman–Crippen MR) is 108 cm³/mol. The molecule has 0 unspecified atom stereocenters. The van der Waals surface area contributed by atoms with Crippen molar-refractivity contribution in [2.75, 3.05) is 20.7 Å². The number of rotatable bonds is 6. The number of benzene rings is 1. The molecule has 1 spiro atoms. The number of phosphoric acid groups is 1. The van der Waals surface area contributed by atoms with Crippen LogP contribution in [0.15, 0.2) is 24.3 Å². The molecule has 2 saturated heterocycles. The molecule has 2 bridgehead atoms. The standard InChI is InChI=1S/C20H31N2O6P/c1-21-14-10-20-8-7-18(28-29(24,25)26)16(11-20)19(23)17(22(20)12-14)9-13-3-5-15(27-2)6-4-13/h3-6,14,16-19,21,23H,7-12H2,1-2H3,(H2,24,25,26)/t14-,16-,17-,18-,19-,20+/m1/s1. The topological polar surface area (TPSA) is 111 Å². The van der Waals surface area contributed by atoms with E-state index in [0.29, 0.717) is 25.3 Å². The smallest absolute Gasteiger partial charge is 0.469 e. The molecule has 1 aromatic carbocycles. The van der Waals surface area contributed by atoms with E-state index in [0.717, 1.165) is 30.7 Å². The molecule has 6 atom stereocenters. The van der Waals surface area contributed by atoms with Crippen LogP contribution in [0, 0.1) is 5.92 Å². The van der Waals surface area contributed by atoms with Crippen molar-refractivity contribution in [1.82, 2.24) is 10.2 Å². The van der Waals surface area contributed by atoms with Gasteiger partial charge in [0, 0.05) is 30.1 Å². The Morgan fingerprint density at radius 2 is 2.00 bits per heavy atom. The summed E-state index contributed by atoms with van der Waals surface area (Å²) < 4.78 is 21.8. The summed E-state index contributed by atoms with van der Waals surface area (Å²) in [5, 5.41) is 14.7. The third kappa shape index (κ3) is 4.12. The van der Waals surface area contributed by atoms with Gasteiger partial charge in [-0.15, -0.1) is 0 Å². The number of methoxy groups -OCH3 is 1. The van der Waals surface area contributed by atoms with E-state index in [-0.39, 0.29) is 17.5 Å². The van der Waals surface area contributed by atoms with E-state index >= 15 is 0 Å². The van der Waals surface area contributed by atoms with E-state index in [1.807, 2.05) is 31.3 Å². The number of piperidine rings is 1. The van der Waals surface area contributed by atoms with E-state index in [9.17, 15) is 19.5 Å². The minimum Gasteiger partial charge on any atom is -0.497 e. The second kappa shape index (κ2) is 7.93. The fourth-order valence-corrected chi connectivity index (χ4v) is 6.46. The second-order valence-corrected chi connectivity index (χ2v) is 9.91. The van der Waals surface area contributed by atoms with Crippen LogP contribution in [-0.4, -0.2) is 70.3 Å². The van der Waals surface area contributed by atoms with E-state index in [1.54, 1.807) is 7.11 Å². The molecule has 1 saturated carbocycles. The molecule has 2 aliphatic heterocycles. The van der Waals surface area contributed by atoms with Crippen LogP contribution in [0.2, 0.25) is 0 Å². The molecule has 1 aromatic rings. The summed E-state index contributed by atoms with van der Waals surface area (Å²) in [6.45, 7) is 0.866. The van der Waals surface area contributed by atoms with Crippen LogP contribution in [0.1, 0.15) is 31.2 Å². The summed E-state index contributed by atoms with van der Waals surface area (Å²) in [6, 6.07) is 8.08. The predicted octanol–water partition coefficient (Wildman–Crippen LogP) is 1.29. The largest absolute Gasteiger partial charge is 0.497 e. The number of aliphatic hydroxyl groups is 1. The lowest BCUT2D eigenvalue weighted by Crippen LogP contribution is -2.66. The molecule has 4 rings (SSSR count). The molecule has 2 heterocycles. The lowest BCUT2D eigenvalue weighted by atomic mass is 9.65. The first kappa shape index (κ1) is 21.2. The van der Waals surface area contributed by atoms with E-state index in [1.165, 1.54) is 0 Å². The summed E-state index contributed by atoms with van der Waals surface area (Å²) in [7, 11) is -1.00. The molecular weight excluding hydrogens is 395 g/mol. The van der Waals surface area contributed by atoms with Gasteiger partial charge in [0.15, 0.2) is 0 Å². The van der Waals surface area contributed by atoms with Crippen molar-refractivity contribution in [3.63, 3.8) is 0 Å². The Balaban J connectivity index is 1.62. The van der Waals surface area contributed by atoms with Crippen molar-refractivity contribution >= 4 is 7.82 Å². The Labute approximate surface area is 171 Å². The number of aliphatic hydroxyl groups excluding tert-OH is 1. The number of nitrogens with one attached hydrogen (secondary N) is 1. The van der Waals surface area contributed by atoms with Gasteiger partial charge in [0.25, 0.3) is 0 Å². The van der Waals surface area contributed by atoms with Gasteiger partial charge in [-0.3, -0.25) is 9.42 Å². The highest BCUT2D eigenvalue weighted by Crippen LogP contribution is 2.54. The molecule has 8 nitrogen and oxygen atoms in total. The normalized spacial score (nSPS) is 37.3. The Hall–Kier alpha value is -0.990. The monoisotopic (exact) mass is 426 g/mol. The zero-order valence-corrected chi connectivity index (χ0v) is 17.8. The highest BCUT2D eigenvalue weighted by Gasteiger charge is 2.59. The fourth-order valence-electron chi connectivity index (χ4n) is 5.85.